The number of ether oxygens (including phenoxy) is 2. The van der Waals surface area contributed by atoms with Crippen molar-refractivity contribution in [2.75, 3.05) is 40.4 Å². The van der Waals surface area contributed by atoms with E-state index in [9.17, 15) is 9.59 Å². The van der Waals surface area contributed by atoms with Gasteiger partial charge in [0.1, 0.15) is 11.5 Å². The van der Waals surface area contributed by atoms with E-state index in [0.29, 0.717) is 19.6 Å². The first kappa shape index (κ1) is 19.1. The highest BCUT2D eigenvalue weighted by Crippen LogP contribution is 2.38. The fourth-order valence-corrected chi connectivity index (χ4v) is 3.15. The highest BCUT2D eigenvalue weighted by Gasteiger charge is 2.30. The van der Waals surface area contributed by atoms with E-state index in [1.54, 1.807) is 14.2 Å². The van der Waals surface area contributed by atoms with E-state index in [0.717, 1.165) is 36.4 Å². The summed E-state index contributed by atoms with van der Waals surface area (Å²) in [4.78, 5) is 25.2. The van der Waals surface area contributed by atoms with Crippen LogP contribution in [0.2, 0.25) is 0 Å². The fraction of sp³-hybridized carbons (Fsp3) is 0.556. The van der Waals surface area contributed by atoms with Crippen molar-refractivity contribution in [2.24, 2.45) is 0 Å². The van der Waals surface area contributed by atoms with E-state index in [1.165, 1.54) is 6.92 Å². The molecule has 2 N–H and O–H groups in total. The molecule has 1 unspecified atom stereocenters. The molecule has 0 saturated carbocycles. The topological polar surface area (TPSA) is 79.9 Å². The van der Waals surface area contributed by atoms with Crippen LogP contribution in [0.1, 0.15) is 31.4 Å². The van der Waals surface area contributed by atoms with Crippen molar-refractivity contribution in [1.29, 1.82) is 0 Å². The summed E-state index contributed by atoms with van der Waals surface area (Å²) < 4.78 is 10.8. The molecule has 7 heteroatoms. The summed E-state index contributed by atoms with van der Waals surface area (Å²) in [6.45, 7) is 3.51. The van der Waals surface area contributed by atoms with Gasteiger partial charge in [-0.05, 0) is 37.6 Å². The van der Waals surface area contributed by atoms with Crippen LogP contribution in [0.3, 0.4) is 0 Å². The Labute approximate surface area is 148 Å². The van der Waals surface area contributed by atoms with E-state index in [-0.39, 0.29) is 17.9 Å². The van der Waals surface area contributed by atoms with Gasteiger partial charge in [0, 0.05) is 31.6 Å². The molecule has 25 heavy (non-hydrogen) atoms. The lowest BCUT2D eigenvalue weighted by atomic mass is 10.0. The van der Waals surface area contributed by atoms with Crippen molar-refractivity contribution in [2.45, 2.75) is 25.8 Å². The van der Waals surface area contributed by atoms with E-state index in [1.807, 2.05) is 18.2 Å². The average Bonchev–Trinajstić information content (AvgIpc) is 3.05. The van der Waals surface area contributed by atoms with Crippen LogP contribution in [-0.2, 0) is 9.59 Å². The summed E-state index contributed by atoms with van der Waals surface area (Å²) >= 11 is 0. The van der Waals surface area contributed by atoms with E-state index < -0.39 is 0 Å². The molecule has 2 amide bonds. The third-order valence-electron chi connectivity index (χ3n) is 4.33. The molecule has 1 aliphatic heterocycles. The molecule has 1 aliphatic rings. The van der Waals surface area contributed by atoms with Crippen molar-refractivity contribution in [3.63, 3.8) is 0 Å². The largest absolute Gasteiger partial charge is 0.497 e. The Balaban J connectivity index is 1.98. The Kier molecular flexibility index (Phi) is 7.06. The second kappa shape index (κ2) is 9.27. The van der Waals surface area contributed by atoms with Gasteiger partial charge in [0.15, 0.2) is 0 Å². The normalized spacial score (nSPS) is 17.2. The SMILES string of the molecule is COc1ccc(OC)c(C2CCCN2CC(=O)NCCNC(C)=O)c1. The van der Waals surface area contributed by atoms with Gasteiger partial charge in [0.25, 0.3) is 0 Å². The third-order valence-corrected chi connectivity index (χ3v) is 4.33. The first-order valence-corrected chi connectivity index (χ1v) is 8.52. The number of methoxy groups -OCH3 is 2. The number of benzene rings is 1. The molecule has 1 aromatic carbocycles. The molecule has 1 atom stereocenters. The summed E-state index contributed by atoms with van der Waals surface area (Å²) in [5.41, 5.74) is 1.05. The van der Waals surface area contributed by atoms with Crippen molar-refractivity contribution in [3.8, 4) is 11.5 Å². The quantitative estimate of drug-likeness (QED) is 0.687. The Morgan fingerprint density at radius 2 is 1.96 bits per heavy atom. The zero-order chi connectivity index (χ0) is 18.2. The molecular formula is C18H27N3O4. The van der Waals surface area contributed by atoms with Gasteiger partial charge >= 0.3 is 0 Å². The monoisotopic (exact) mass is 349 g/mol. The highest BCUT2D eigenvalue weighted by atomic mass is 16.5. The summed E-state index contributed by atoms with van der Waals surface area (Å²) in [5, 5.41) is 5.50. The van der Waals surface area contributed by atoms with Crippen LogP contribution >= 0.6 is 0 Å². The van der Waals surface area contributed by atoms with Crippen LogP contribution in [0.4, 0.5) is 0 Å². The van der Waals surface area contributed by atoms with Gasteiger partial charge in [-0.25, -0.2) is 0 Å². The van der Waals surface area contributed by atoms with Crippen LogP contribution in [0.25, 0.3) is 0 Å². The predicted molar refractivity (Wildman–Crippen MR) is 94.8 cm³/mol. The summed E-state index contributed by atoms with van der Waals surface area (Å²) in [6, 6.07) is 5.89. The lowest BCUT2D eigenvalue weighted by Gasteiger charge is -2.26. The number of rotatable bonds is 8. The minimum atomic E-state index is -0.0982. The van der Waals surface area contributed by atoms with Gasteiger partial charge in [-0.2, -0.15) is 0 Å². The number of carbonyl (C=O) groups is 2. The Hall–Kier alpha value is -2.28. The molecule has 0 aromatic heterocycles. The van der Waals surface area contributed by atoms with Crippen molar-refractivity contribution < 1.29 is 19.1 Å². The minimum absolute atomic E-state index is 0.0425. The number of hydrogen-bond acceptors (Lipinski definition) is 5. The number of amides is 2. The van der Waals surface area contributed by atoms with Gasteiger partial charge in [0.05, 0.1) is 20.8 Å². The zero-order valence-electron chi connectivity index (χ0n) is 15.1. The lowest BCUT2D eigenvalue weighted by Crippen LogP contribution is -2.40. The van der Waals surface area contributed by atoms with E-state index in [2.05, 4.69) is 15.5 Å². The molecule has 1 fully saturated rings. The Bertz CT molecular complexity index is 606. The smallest absolute Gasteiger partial charge is 0.234 e. The second-order valence-electron chi connectivity index (χ2n) is 6.07. The molecule has 138 valence electrons. The Morgan fingerprint density at radius 3 is 2.64 bits per heavy atom. The number of carbonyl (C=O) groups excluding carboxylic acids is 2. The predicted octanol–water partition coefficient (Wildman–Crippen LogP) is 1.09. The molecule has 0 bridgehead atoms. The van der Waals surface area contributed by atoms with Crippen LogP contribution in [0.5, 0.6) is 11.5 Å². The molecular weight excluding hydrogens is 322 g/mol. The van der Waals surface area contributed by atoms with E-state index >= 15 is 0 Å². The maximum absolute atomic E-state index is 12.2. The summed E-state index contributed by atoms with van der Waals surface area (Å²) in [5.74, 6) is 1.45. The van der Waals surface area contributed by atoms with Gasteiger partial charge in [-0.15, -0.1) is 0 Å². The molecule has 7 nitrogen and oxygen atoms in total. The lowest BCUT2D eigenvalue weighted by molar-refractivity contribution is -0.123. The van der Waals surface area contributed by atoms with Crippen LogP contribution in [-0.4, -0.2) is 57.1 Å². The van der Waals surface area contributed by atoms with Crippen molar-refractivity contribution in [1.82, 2.24) is 15.5 Å². The van der Waals surface area contributed by atoms with Crippen LogP contribution < -0.4 is 20.1 Å². The molecule has 1 aromatic rings. The highest BCUT2D eigenvalue weighted by molar-refractivity contribution is 5.78. The molecule has 0 spiro atoms. The zero-order valence-corrected chi connectivity index (χ0v) is 15.1. The van der Waals surface area contributed by atoms with Crippen molar-refractivity contribution in [3.05, 3.63) is 23.8 Å². The van der Waals surface area contributed by atoms with Crippen molar-refractivity contribution >= 4 is 11.8 Å². The maximum Gasteiger partial charge on any atom is 0.234 e. The van der Waals surface area contributed by atoms with Gasteiger partial charge in [-0.1, -0.05) is 0 Å². The van der Waals surface area contributed by atoms with Crippen LogP contribution in [0, 0.1) is 0 Å². The minimum Gasteiger partial charge on any atom is -0.497 e. The standard InChI is InChI=1S/C18H27N3O4/c1-13(22)19-8-9-20-18(23)12-21-10-4-5-16(21)15-11-14(24-2)6-7-17(15)25-3/h6-7,11,16H,4-5,8-10,12H2,1-3H3,(H,19,22)(H,20,23). The van der Waals surface area contributed by atoms with Gasteiger partial charge < -0.3 is 20.1 Å². The van der Waals surface area contributed by atoms with E-state index in [4.69, 9.17) is 9.47 Å². The third kappa shape index (κ3) is 5.35. The molecule has 1 heterocycles. The first-order chi connectivity index (χ1) is 12.0. The van der Waals surface area contributed by atoms with Gasteiger partial charge in [-0.3, -0.25) is 14.5 Å². The summed E-state index contributed by atoms with van der Waals surface area (Å²) in [6.07, 6.45) is 2.01. The molecule has 1 saturated heterocycles. The maximum atomic E-state index is 12.2. The second-order valence-corrected chi connectivity index (χ2v) is 6.07. The molecule has 0 radical (unpaired) electrons. The average molecular weight is 349 g/mol. The Morgan fingerprint density at radius 1 is 1.20 bits per heavy atom. The molecule has 2 rings (SSSR count). The molecule has 0 aliphatic carbocycles. The van der Waals surface area contributed by atoms with Gasteiger partial charge in [0.2, 0.25) is 11.8 Å². The number of hydrogen-bond donors (Lipinski definition) is 2. The fourth-order valence-electron chi connectivity index (χ4n) is 3.15. The number of nitrogens with zero attached hydrogens (tertiary/aromatic N) is 1. The summed E-state index contributed by atoms with van der Waals surface area (Å²) in [7, 11) is 3.29. The first-order valence-electron chi connectivity index (χ1n) is 8.52. The number of nitrogens with one attached hydrogen (secondary N) is 2. The van der Waals surface area contributed by atoms with Crippen LogP contribution in [0.15, 0.2) is 18.2 Å². The number of likely N-dealkylation sites (tertiary alicyclic amines) is 1.